The highest BCUT2D eigenvalue weighted by Crippen LogP contribution is 2.20. The molecule has 2 aromatic rings. The molecule has 2 rings (SSSR count). The monoisotopic (exact) mass is 339 g/mol. The highest BCUT2D eigenvalue weighted by Gasteiger charge is 2.14. The first-order valence-corrected chi connectivity index (χ1v) is 8.55. The van der Waals surface area contributed by atoms with E-state index in [2.05, 4.69) is 37.4 Å². The first-order chi connectivity index (χ1) is 11.9. The molecule has 1 amide bonds. The number of hydrogen-bond donors (Lipinski definition) is 1. The SMILES string of the molecule is CCOC(=O)c1cccc(NC(=O)CCc2ccc(C)c(C)c2)c1C. The molecule has 0 spiro atoms. The molecule has 132 valence electrons. The molecule has 0 fully saturated rings. The molecule has 0 saturated heterocycles. The van der Waals surface area contributed by atoms with Gasteiger partial charge in [-0.1, -0.05) is 24.3 Å². The fourth-order valence-electron chi connectivity index (χ4n) is 2.63. The highest BCUT2D eigenvalue weighted by atomic mass is 16.5. The Hall–Kier alpha value is -2.62. The van der Waals surface area contributed by atoms with Crippen LogP contribution >= 0.6 is 0 Å². The molecular weight excluding hydrogens is 314 g/mol. The van der Waals surface area contributed by atoms with E-state index in [0.717, 1.165) is 11.1 Å². The smallest absolute Gasteiger partial charge is 0.338 e. The highest BCUT2D eigenvalue weighted by molar-refractivity contribution is 5.96. The van der Waals surface area contributed by atoms with Crippen molar-refractivity contribution in [1.82, 2.24) is 0 Å². The number of amides is 1. The van der Waals surface area contributed by atoms with Crippen LogP contribution in [0.25, 0.3) is 0 Å². The van der Waals surface area contributed by atoms with Crippen molar-refractivity contribution in [3.05, 3.63) is 64.2 Å². The third kappa shape index (κ3) is 4.92. The Morgan fingerprint density at radius 3 is 2.48 bits per heavy atom. The van der Waals surface area contributed by atoms with E-state index in [9.17, 15) is 9.59 Å². The Morgan fingerprint density at radius 1 is 1.04 bits per heavy atom. The number of benzene rings is 2. The Kier molecular flexibility index (Phi) is 6.34. The molecule has 0 aromatic heterocycles. The maximum absolute atomic E-state index is 12.3. The molecule has 1 N–H and O–H groups in total. The molecule has 4 nitrogen and oxygen atoms in total. The van der Waals surface area contributed by atoms with Gasteiger partial charge in [-0.15, -0.1) is 0 Å². The predicted octanol–water partition coefficient (Wildman–Crippen LogP) is 4.36. The van der Waals surface area contributed by atoms with E-state index in [1.54, 1.807) is 25.1 Å². The number of ether oxygens (including phenoxy) is 1. The summed E-state index contributed by atoms with van der Waals surface area (Å²) >= 11 is 0. The number of carbonyl (C=O) groups is 2. The number of hydrogen-bond acceptors (Lipinski definition) is 3. The summed E-state index contributed by atoms with van der Waals surface area (Å²) in [4.78, 5) is 24.2. The van der Waals surface area contributed by atoms with E-state index in [4.69, 9.17) is 4.74 Å². The second kappa shape index (κ2) is 8.47. The van der Waals surface area contributed by atoms with Crippen molar-refractivity contribution in [2.45, 2.75) is 40.5 Å². The summed E-state index contributed by atoms with van der Waals surface area (Å²) in [6.07, 6.45) is 1.08. The van der Waals surface area contributed by atoms with Crippen LogP contribution in [0.5, 0.6) is 0 Å². The van der Waals surface area contributed by atoms with Crippen molar-refractivity contribution < 1.29 is 14.3 Å². The summed E-state index contributed by atoms with van der Waals surface area (Å²) in [6.45, 7) is 8.05. The molecule has 4 heteroatoms. The lowest BCUT2D eigenvalue weighted by Gasteiger charge is -2.12. The predicted molar refractivity (Wildman–Crippen MR) is 100 cm³/mol. The van der Waals surface area contributed by atoms with Crippen LogP contribution in [0.15, 0.2) is 36.4 Å². The Labute approximate surface area is 149 Å². The number of rotatable bonds is 6. The first-order valence-electron chi connectivity index (χ1n) is 8.55. The Morgan fingerprint density at radius 2 is 1.80 bits per heavy atom. The fraction of sp³-hybridized carbons (Fsp3) is 0.333. The molecule has 0 aliphatic heterocycles. The zero-order valence-electron chi connectivity index (χ0n) is 15.3. The van der Waals surface area contributed by atoms with Crippen molar-refractivity contribution in [3.63, 3.8) is 0 Å². The van der Waals surface area contributed by atoms with Crippen molar-refractivity contribution >= 4 is 17.6 Å². The lowest BCUT2D eigenvalue weighted by molar-refractivity contribution is -0.116. The fourth-order valence-corrected chi connectivity index (χ4v) is 2.63. The summed E-state index contributed by atoms with van der Waals surface area (Å²) < 4.78 is 5.04. The van der Waals surface area contributed by atoms with E-state index >= 15 is 0 Å². The average Bonchev–Trinajstić information content (AvgIpc) is 2.58. The van der Waals surface area contributed by atoms with Crippen molar-refractivity contribution in [3.8, 4) is 0 Å². The van der Waals surface area contributed by atoms with Gasteiger partial charge < -0.3 is 10.1 Å². The number of anilines is 1. The second-order valence-corrected chi connectivity index (χ2v) is 6.17. The summed E-state index contributed by atoms with van der Waals surface area (Å²) in [6, 6.07) is 11.5. The first kappa shape index (κ1) is 18.7. The average molecular weight is 339 g/mol. The van der Waals surface area contributed by atoms with Gasteiger partial charge in [-0.3, -0.25) is 4.79 Å². The van der Waals surface area contributed by atoms with Crippen LogP contribution < -0.4 is 5.32 Å². The number of esters is 1. The lowest BCUT2D eigenvalue weighted by Crippen LogP contribution is -2.15. The van der Waals surface area contributed by atoms with Gasteiger partial charge in [0.05, 0.1) is 12.2 Å². The maximum atomic E-state index is 12.3. The van der Waals surface area contributed by atoms with Gasteiger partial charge in [0, 0.05) is 12.1 Å². The van der Waals surface area contributed by atoms with E-state index in [-0.39, 0.29) is 11.9 Å². The van der Waals surface area contributed by atoms with Gasteiger partial charge in [0.1, 0.15) is 0 Å². The molecule has 0 radical (unpaired) electrons. The summed E-state index contributed by atoms with van der Waals surface area (Å²) in [5.41, 5.74) is 5.48. The molecule has 0 bridgehead atoms. The molecule has 25 heavy (non-hydrogen) atoms. The van der Waals surface area contributed by atoms with Crippen molar-refractivity contribution in [2.75, 3.05) is 11.9 Å². The van der Waals surface area contributed by atoms with Crippen molar-refractivity contribution in [2.24, 2.45) is 0 Å². The van der Waals surface area contributed by atoms with Crippen LogP contribution in [0.4, 0.5) is 5.69 Å². The minimum atomic E-state index is -0.369. The second-order valence-electron chi connectivity index (χ2n) is 6.17. The molecule has 0 aliphatic rings. The van der Waals surface area contributed by atoms with E-state index in [0.29, 0.717) is 30.7 Å². The molecule has 2 aromatic carbocycles. The van der Waals surface area contributed by atoms with Gasteiger partial charge in [-0.05, 0) is 68.5 Å². The Balaban J connectivity index is 2.01. The lowest BCUT2D eigenvalue weighted by atomic mass is 10.0. The van der Waals surface area contributed by atoms with Crippen LogP contribution in [-0.2, 0) is 16.0 Å². The van der Waals surface area contributed by atoms with E-state index < -0.39 is 0 Å². The normalized spacial score (nSPS) is 10.4. The molecule has 0 saturated carbocycles. The van der Waals surface area contributed by atoms with Crippen LogP contribution in [0.3, 0.4) is 0 Å². The number of carbonyl (C=O) groups excluding carboxylic acids is 2. The van der Waals surface area contributed by atoms with Gasteiger partial charge in [-0.25, -0.2) is 4.79 Å². The standard InChI is InChI=1S/C21H25NO3/c1-5-25-21(24)18-7-6-8-19(16(18)4)22-20(23)12-11-17-10-9-14(2)15(3)13-17/h6-10,13H,5,11-12H2,1-4H3,(H,22,23). The van der Waals surface area contributed by atoms with Gasteiger partial charge >= 0.3 is 5.97 Å². The third-order valence-electron chi connectivity index (χ3n) is 4.32. The molecule has 0 unspecified atom stereocenters. The van der Waals surface area contributed by atoms with E-state index in [1.165, 1.54) is 11.1 Å². The summed E-state index contributed by atoms with van der Waals surface area (Å²) in [7, 11) is 0. The van der Waals surface area contributed by atoms with Gasteiger partial charge in [0.25, 0.3) is 0 Å². The Bertz CT molecular complexity index is 781. The van der Waals surface area contributed by atoms with Crippen LogP contribution in [0.1, 0.15) is 46.0 Å². The number of nitrogens with one attached hydrogen (secondary N) is 1. The van der Waals surface area contributed by atoms with E-state index in [1.807, 2.05) is 6.92 Å². The summed E-state index contributed by atoms with van der Waals surface area (Å²) in [5.74, 6) is -0.437. The topological polar surface area (TPSA) is 55.4 Å². The maximum Gasteiger partial charge on any atom is 0.338 e. The van der Waals surface area contributed by atoms with Crippen LogP contribution in [0, 0.1) is 20.8 Å². The van der Waals surface area contributed by atoms with Crippen LogP contribution in [-0.4, -0.2) is 18.5 Å². The third-order valence-corrected chi connectivity index (χ3v) is 4.32. The molecule has 0 atom stereocenters. The van der Waals surface area contributed by atoms with Crippen molar-refractivity contribution in [1.29, 1.82) is 0 Å². The van der Waals surface area contributed by atoms with Gasteiger partial charge in [-0.2, -0.15) is 0 Å². The quantitative estimate of drug-likeness (QED) is 0.796. The molecular formula is C21H25NO3. The number of aryl methyl sites for hydroxylation is 3. The van der Waals surface area contributed by atoms with Gasteiger partial charge in [0.2, 0.25) is 5.91 Å². The largest absolute Gasteiger partial charge is 0.462 e. The minimum absolute atomic E-state index is 0.0673. The van der Waals surface area contributed by atoms with Crippen LogP contribution in [0.2, 0.25) is 0 Å². The minimum Gasteiger partial charge on any atom is -0.462 e. The zero-order chi connectivity index (χ0) is 18.4. The van der Waals surface area contributed by atoms with Gasteiger partial charge in [0.15, 0.2) is 0 Å². The summed E-state index contributed by atoms with van der Waals surface area (Å²) in [5, 5.41) is 2.90. The molecule has 0 heterocycles. The zero-order valence-corrected chi connectivity index (χ0v) is 15.3. The molecule has 0 aliphatic carbocycles.